The predicted molar refractivity (Wildman–Crippen MR) is 108 cm³/mol. The summed E-state index contributed by atoms with van der Waals surface area (Å²) in [6, 6.07) is 1.67. The molecule has 1 amide bonds. The third-order valence-electron chi connectivity index (χ3n) is 5.26. The first-order valence-corrected chi connectivity index (χ1v) is 10.1. The fourth-order valence-corrected chi connectivity index (χ4v) is 4.34. The number of aromatic nitrogens is 5. The van der Waals surface area contributed by atoms with E-state index >= 15 is 0 Å². The fourth-order valence-electron chi connectivity index (χ4n) is 3.97. The van der Waals surface area contributed by atoms with Crippen molar-refractivity contribution in [3.05, 3.63) is 46.1 Å². The van der Waals surface area contributed by atoms with Gasteiger partial charge in [-0.05, 0) is 38.7 Å². The summed E-state index contributed by atoms with van der Waals surface area (Å²) in [5.41, 5.74) is 3.95. The van der Waals surface area contributed by atoms with Gasteiger partial charge in [0, 0.05) is 30.4 Å². The molecule has 1 saturated heterocycles. The molecule has 7 nitrogen and oxygen atoms in total. The Bertz CT molecular complexity index is 1040. The Morgan fingerprint density at radius 2 is 2.14 bits per heavy atom. The largest absolute Gasteiger partial charge is 0.330 e. The molecule has 8 heteroatoms. The Morgan fingerprint density at radius 3 is 2.89 bits per heavy atom. The van der Waals surface area contributed by atoms with Crippen molar-refractivity contribution in [3.8, 4) is 0 Å². The van der Waals surface area contributed by atoms with Crippen LogP contribution in [0.4, 0.5) is 0 Å². The SMILES string of the molecule is Cc1nn(CC(C)C)c(Cl)c1C1CCCN1C(=O)c1ccn2ncc(C)c2n1. The molecule has 1 fully saturated rings. The van der Waals surface area contributed by atoms with Gasteiger partial charge in [0.25, 0.3) is 5.91 Å². The van der Waals surface area contributed by atoms with Crippen LogP contribution < -0.4 is 0 Å². The van der Waals surface area contributed by atoms with Crippen molar-refractivity contribution in [2.75, 3.05) is 6.54 Å². The summed E-state index contributed by atoms with van der Waals surface area (Å²) < 4.78 is 3.54. The number of fused-ring (bicyclic) bond motifs is 1. The van der Waals surface area contributed by atoms with Crippen LogP contribution in [-0.4, -0.2) is 41.7 Å². The Labute approximate surface area is 169 Å². The lowest BCUT2D eigenvalue weighted by Gasteiger charge is -2.24. The zero-order valence-electron chi connectivity index (χ0n) is 16.7. The van der Waals surface area contributed by atoms with E-state index in [1.165, 1.54) is 0 Å². The van der Waals surface area contributed by atoms with Gasteiger partial charge in [-0.25, -0.2) is 9.50 Å². The van der Waals surface area contributed by atoms with Gasteiger partial charge in [0.2, 0.25) is 0 Å². The molecule has 0 spiro atoms. The van der Waals surface area contributed by atoms with Gasteiger partial charge in [0.05, 0.1) is 17.9 Å². The lowest BCUT2D eigenvalue weighted by Crippen LogP contribution is -2.31. The number of hydrogen-bond acceptors (Lipinski definition) is 4. The predicted octanol–water partition coefficient (Wildman–Crippen LogP) is 3.83. The third-order valence-corrected chi connectivity index (χ3v) is 5.66. The van der Waals surface area contributed by atoms with Crippen molar-refractivity contribution in [2.24, 2.45) is 5.92 Å². The molecule has 0 aliphatic carbocycles. The number of carbonyl (C=O) groups excluding carboxylic acids is 1. The molecule has 4 heterocycles. The number of likely N-dealkylation sites (tertiary alicyclic amines) is 1. The number of hydrogen-bond donors (Lipinski definition) is 0. The van der Waals surface area contributed by atoms with Crippen LogP contribution in [0.25, 0.3) is 5.65 Å². The van der Waals surface area contributed by atoms with Gasteiger partial charge in [0.15, 0.2) is 5.65 Å². The van der Waals surface area contributed by atoms with Gasteiger partial charge in [-0.3, -0.25) is 9.48 Å². The van der Waals surface area contributed by atoms with Gasteiger partial charge in [-0.15, -0.1) is 0 Å². The Balaban J connectivity index is 1.67. The van der Waals surface area contributed by atoms with E-state index in [-0.39, 0.29) is 11.9 Å². The maximum Gasteiger partial charge on any atom is 0.273 e. The normalized spacial score (nSPS) is 17.2. The minimum atomic E-state index is -0.0716. The highest BCUT2D eigenvalue weighted by Crippen LogP contribution is 2.38. The molecule has 0 radical (unpaired) electrons. The van der Waals surface area contributed by atoms with Crippen molar-refractivity contribution >= 4 is 23.2 Å². The van der Waals surface area contributed by atoms with Crippen LogP contribution in [0.5, 0.6) is 0 Å². The number of amides is 1. The lowest BCUT2D eigenvalue weighted by molar-refractivity contribution is 0.0729. The van der Waals surface area contributed by atoms with Crippen molar-refractivity contribution < 1.29 is 4.79 Å². The molecular formula is C20H25ClN6O. The van der Waals surface area contributed by atoms with E-state index in [1.807, 2.05) is 23.4 Å². The van der Waals surface area contributed by atoms with Crippen LogP contribution in [0.15, 0.2) is 18.5 Å². The average molecular weight is 401 g/mol. The fraction of sp³-hybridized carbons (Fsp3) is 0.500. The van der Waals surface area contributed by atoms with Crippen molar-refractivity contribution in [1.82, 2.24) is 29.3 Å². The summed E-state index contributed by atoms with van der Waals surface area (Å²) in [5, 5.41) is 9.50. The maximum absolute atomic E-state index is 13.3. The minimum Gasteiger partial charge on any atom is -0.330 e. The molecule has 3 aromatic rings. The summed E-state index contributed by atoms with van der Waals surface area (Å²) in [7, 11) is 0. The van der Waals surface area contributed by atoms with Crippen LogP contribution in [0.2, 0.25) is 5.15 Å². The molecule has 1 aliphatic rings. The number of carbonyl (C=O) groups is 1. The third kappa shape index (κ3) is 3.17. The molecular weight excluding hydrogens is 376 g/mol. The van der Waals surface area contributed by atoms with E-state index < -0.39 is 0 Å². The maximum atomic E-state index is 13.3. The molecule has 0 aromatic carbocycles. The summed E-state index contributed by atoms with van der Waals surface area (Å²) in [4.78, 5) is 19.7. The molecule has 3 aromatic heterocycles. The zero-order chi connectivity index (χ0) is 20.0. The first kappa shape index (κ1) is 18.9. The molecule has 0 bridgehead atoms. The number of nitrogens with zero attached hydrogens (tertiary/aromatic N) is 6. The Morgan fingerprint density at radius 1 is 1.36 bits per heavy atom. The van der Waals surface area contributed by atoms with Gasteiger partial charge < -0.3 is 4.90 Å². The van der Waals surface area contributed by atoms with Crippen LogP contribution in [-0.2, 0) is 6.54 Å². The van der Waals surface area contributed by atoms with Gasteiger partial charge >= 0.3 is 0 Å². The standard InChI is InChI=1S/C20H25ClN6O/c1-12(2)11-27-18(21)17(14(4)24-27)16-6-5-8-25(16)20(28)15-7-9-26-19(23-15)13(3)10-22-26/h7,9-10,12,16H,5-6,8,11H2,1-4H3. The second kappa shape index (κ2) is 7.20. The quantitative estimate of drug-likeness (QED) is 0.667. The molecule has 1 unspecified atom stereocenters. The van der Waals surface area contributed by atoms with Crippen LogP contribution >= 0.6 is 11.6 Å². The second-order valence-electron chi connectivity index (χ2n) is 7.93. The molecule has 0 N–H and O–H groups in total. The van der Waals surface area contributed by atoms with E-state index in [4.69, 9.17) is 11.6 Å². The first-order chi connectivity index (χ1) is 13.4. The summed E-state index contributed by atoms with van der Waals surface area (Å²) >= 11 is 6.69. The van der Waals surface area contributed by atoms with Gasteiger partial charge in [0.1, 0.15) is 10.8 Å². The van der Waals surface area contributed by atoms with E-state index in [2.05, 4.69) is 29.0 Å². The van der Waals surface area contributed by atoms with E-state index in [0.29, 0.717) is 29.0 Å². The smallest absolute Gasteiger partial charge is 0.273 e. The molecule has 1 atom stereocenters. The molecule has 28 heavy (non-hydrogen) atoms. The van der Waals surface area contributed by atoms with Gasteiger partial charge in [-0.2, -0.15) is 10.2 Å². The summed E-state index contributed by atoms with van der Waals surface area (Å²) in [6.07, 6.45) is 5.36. The van der Waals surface area contributed by atoms with Crippen molar-refractivity contribution in [2.45, 2.75) is 53.1 Å². The van der Waals surface area contributed by atoms with E-state index in [1.54, 1.807) is 23.0 Å². The van der Waals surface area contributed by atoms with E-state index in [0.717, 1.165) is 36.2 Å². The Kier molecular flexibility index (Phi) is 4.87. The minimum absolute atomic E-state index is 0.0649. The first-order valence-electron chi connectivity index (χ1n) is 9.71. The van der Waals surface area contributed by atoms with Crippen LogP contribution in [0.3, 0.4) is 0 Å². The zero-order valence-corrected chi connectivity index (χ0v) is 17.4. The number of rotatable bonds is 4. The van der Waals surface area contributed by atoms with E-state index in [9.17, 15) is 4.79 Å². The molecule has 4 rings (SSSR count). The van der Waals surface area contributed by atoms with Crippen molar-refractivity contribution in [1.29, 1.82) is 0 Å². The topological polar surface area (TPSA) is 68.3 Å². The molecule has 0 saturated carbocycles. The highest BCUT2D eigenvalue weighted by atomic mass is 35.5. The lowest BCUT2D eigenvalue weighted by atomic mass is 10.1. The van der Waals surface area contributed by atoms with Crippen LogP contribution in [0, 0.1) is 19.8 Å². The summed E-state index contributed by atoms with van der Waals surface area (Å²) in [5.74, 6) is 0.374. The summed E-state index contributed by atoms with van der Waals surface area (Å²) in [6.45, 7) is 9.64. The van der Waals surface area contributed by atoms with Crippen LogP contribution in [0.1, 0.15) is 60.0 Å². The molecule has 1 aliphatic heterocycles. The van der Waals surface area contributed by atoms with Gasteiger partial charge in [-0.1, -0.05) is 25.4 Å². The highest BCUT2D eigenvalue weighted by molar-refractivity contribution is 6.30. The molecule has 148 valence electrons. The highest BCUT2D eigenvalue weighted by Gasteiger charge is 2.35. The number of halogens is 1. The Hall–Kier alpha value is -2.41. The average Bonchev–Trinajstić information content (AvgIpc) is 3.33. The van der Waals surface area contributed by atoms with Crippen molar-refractivity contribution in [3.63, 3.8) is 0 Å². The number of aryl methyl sites for hydroxylation is 2. The monoisotopic (exact) mass is 400 g/mol. The second-order valence-corrected chi connectivity index (χ2v) is 8.29.